The van der Waals surface area contributed by atoms with Crippen LogP contribution in [-0.4, -0.2) is 24.7 Å². The summed E-state index contributed by atoms with van der Waals surface area (Å²) in [5.41, 5.74) is 4.92. The first-order valence-corrected chi connectivity index (χ1v) is 5.09. The Kier molecular flexibility index (Phi) is 4.30. The molecule has 0 unspecified atom stereocenters. The molecule has 0 spiro atoms. The Bertz CT molecular complexity index is 475. The number of carbonyl (C=O) groups is 1. The average Bonchev–Trinajstić information content (AvgIpc) is 2.30. The van der Waals surface area contributed by atoms with Crippen molar-refractivity contribution in [3.63, 3.8) is 0 Å². The Morgan fingerprint density at radius 3 is 2.61 bits per heavy atom. The molecule has 1 aromatic carbocycles. The van der Waals surface area contributed by atoms with Crippen LogP contribution in [-0.2, 0) is 0 Å². The number of ether oxygens (including phenoxy) is 2. The van der Waals surface area contributed by atoms with Gasteiger partial charge in [0.1, 0.15) is 5.69 Å². The Morgan fingerprint density at radius 2 is 2.17 bits per heavy atom. The van der Waals surface area contributed by atoms with E-state index < -0.39 is 11.0 Å². The number of hydrogen-bond acceptors (Lipinski definition) is 6. The summed E-state index contributed by atoms with van der Waals surface area (Å²) in [6.45, 7) is 1.97. The molecule has 0 atom stereocenters. The van der Waals surface area contributed by atoms with E-state index in [1.807, 2.05) is 0 Å². The van der Waals surface area contributed by atoms with Crippen LogP contribution < -0.4 is 20.5 Å². The van der Waals surface area contributed by atoms with Gasteiger partial charge in [0.15, 0.2) is 11.5 Å². The normalized spacial score (nSPS) is 9.67. The molecule has 0 fully saturated rings. The van der Waals surface area contributed by atoms with Crippen molar-refractivity contribution in [2.24, 2.45) is 5.73 Å². The second-order valence-corrected chi connectivity index (χ2v) is 3.18. The highest BCUT2D eigenvalue weighted by Crippen LogP contribution is 2.37. The first-order valence-electron chi connectivity index (χ1n) is 5.09. The van der Waals surface area contributed by atoms with Gasteiger partial charge in [-0.1, -0.05) is 0 Å². The predicted molar refractivity (Wildman–Crippen MR) is 64.0 cm³/mol. The van der Waals surface area contributed by atoms with Crippen molar-refractivity contribution in [1.82, 2.24) is 0 Å². The second-order valence-electron chi connectivity index (χ2n) is 3.18. The number of benzene rings is 1. The quantitative estimate of drug-likeness (QED) is 0.608. The summed E-state index contributed by atoms with van der Waals surface area (Å²) in [4.78, 5) is 21.0. The first-order chi connectivity index (χ1) is 8.49. The third-order valence-electron chi connectivity index (χ3n) is 2.04. The smallest absolute Gasteiger partial charge is 0.410 e. The van der Waals surface area contributed by atoms with Crippen LogP contribution >= 0.6 is 0 Å². The number of nitro benzene ring substituents is 1. The molecule has 1 amide bonds. The highest BCUT2D eigenvalue weighted by atomic mass is 16.6. The Hall–Kier alpha value is -2.51. The minimum atomic E-state index is -1.02. The number of nitrogens with one attached hydrogen (secondary N) is 1. The number of nitro groups is 1. The molecule has 18 heavy (non-hydrogen) atoms. The number of nitrogens with two attached hydrogens (primary N) is 1. The molecule has 8 heteroatoms. The van der Waals surface area contributed by atoms with Gasteiger partial charge >= 0.3 is 6.09 Å². The van der Waals surface area contributed by atoms with E-state index in [1.54, 1.807) is 6.92 Å². The molecule has 3 N–H and O–H groups in total. The summed E-state index contributed by atoms with van der Waals surface area (Å²) in [5.74, 6) is 0.112. The number of carbonyl (C=O) groups excluding carboxylic acids is 1. The van der Waals surface area contributed by atoms with E-state index in [1.165, 1.54) is 19.2 Å². The SMILES string of the molecule is CCOc1cc([N+](=O)[O-])c(NC)cc1OC(N)=O. The van der Waals surface area contributed by atoms with Gasteiger partial charge in [-0.3, -0.25) is 10.1 Å². The highest BCUT2D eigenvalue weighted by molar-refractivity contribution is 5.74. The topological polar surface area (TPSA) is 117 Å². The van der Waals surface area contributed by atoms with Crippen LogP contribution in [0, 0.1) is 10.1 Å². The zero-order valence-electron chi connectivity index (χ0n) is 9.93. The van der Waals surface area contributed by atoms with E-state index in [-0.39, 0.29) is 29.5 Å². The van der Waals surface area contributed by atoms with Crippen LogP contribution in [0.25, 0.3) is 0 Å². The van der Waals surface area contributed by atoms with Crippen molar-refractivity contribution in [1.29, 1.82) is 0 Å². The lowest BCUT2D eigenvalue weighted by molar-refractivity contribution is -0.384. The zero-order valence-corrected chi connectivity index (χ0v) is 9.93. The van der Waals surface area contributed by atoms with Crippen molar-refractivity contribution < 1.29 is 19.2 Å². The van der Waals surface area contributed by atoms with Gasteiger partial charge in [-0.15, -0.1) is 0 Å². The maximum Gasteiger partial charge on any atom is 0.410 e. The van der Waals surface area contributed by atoms with Gasteiger partial charge < -0.3 is 20.5 Å². The van der Waals surface area contributed by atoms with E-state index in [9.17, 15) is 14.9 Å². The van der Waals surface area contributed by atoms with Crippen LogP contribution in [0.1, 0.15) is 6.92 Å². The van der Waals surface area contributed by atoms with E-state index in [0.29, 0.717) is 0 Å². The van der Waals surface area contributed by atoms with Gasteiger partial charge in [0.05, 0.1) is 17.6 Å². The first kappa shape index (κ1) is 13.6. The molecular weight excluding hydrogens is 242 g/mol. The molecule has 1 rings (SSSR count). The summed E-state index contributed by atoms with van der Waals surface area (Å²) >= 11 is 0. The lowest BCUT2D eigenvalue weighted by Gasteiger charge is -2.11. The molecule has 0 aromatic heterocycles. The van der Waals surface area contributed by atoms with Gasteiger partial charge in [-0.25, -0.2) is 4.79 Å². The zero-order chi connectivity index (χ0) is 13.7. The van der Waals surface area contributed by atoms with Gasteiger partial charge in [0.25, 0.3) is 5.69 Å². The fourth-order valence-electron chi connectivity index (χ4n) is 1.36. The van der Waals surface area contributed by atoms with Crippen LogP contribution in [0.5, 0.6) is 11.5 Å². The minimum Gasteiger partial charge on any atom is -0.490 e. The lowest BCUT2D eigenvalue weighted by atomic mass is 10.2. The van der Waals surface area contributed by atoms with Gasteiger partial charge in [0, 0.05) is 13.1 Å². The third-order valence-corrected chi connectivity index (χ3v) is 2.04. The summed E-state index contributed by atoms with van der Waals surface area (Å²) in [7, 11) is 1.51. The molecule has 0 bridgehead atoms. The molecule has 1 aromatic rings. The summed E-state index contributed by atoms with van der Waals surface area (Å²) in [6.07, 6.45) is -1.02. The number of hydrogen-bond donors (Lipinski definition) is 2. The molecule has 8 nitrogen and oxygen atoms in total. The maximum absolute atomic E-state index is 10.8. The fraction of sp³-hybridized carbons (Fsp3) is 0.300. The molecule has 0 radical (unpaired) electrons. The molecule has 0 heterocycles. The molecule has 98 valence electrons. The summed E-state index contributed by atoms with van der Waals surface area (Å²) in [5, 5.41) is 13.5. The minimum absolute atomic E-state index is 0.0271. The third kappa shape index (κ3) is 3.00. The molecule has 0 aliphatic rings. The predicted octanol–water partition coefficient (Wildman–Crippen LogP) is 1.49. The molecule has 0 aliphatic carbocycles. The van der Waals surface area contributed by atoms with Gasteiger partial charge in [0.2, 0.25) is 0 Å². The Balaban J connectivity index is 3.31. The lowest BCUT2D eigenvalue weighted by Crippen LogP contribution is -2.17. The van der Waals surface area contributed by atoms with Gasteiger partial charge in [-0.2, -0.15) is 0 Å². The van der Waals surface area contributed by atoms with Crippen LogP contribution in [0.2, 0.25) is 0 Å². The molecule has 0 saturated carbocycles. The van der Waals surface area contributed by atoms with Crippen LogP contribution in [0.4, 0.5) is 16.2 Å². The van der Waals surface area contributed by atoms with E-state index in [4.69, 9.17) is 15.2 Å². The largest absolute Gasteiger partial charge is 0.490 e. The van der Waals surface area contributed by atoms with Crippen molar-refractivity contribution in [3.05, 3.63) is 22.2 Å². The standard InChI is InChI=1S/C10H13N3O5/c1-3-17-8-5-7(13(15)16)6(12-2)4-9(8)18-10(11)14/h4-5,12H,3H2,1-2H3,(H2,11,14). The number of amides is 1. The average molecular weight is 255 g/mol. The van der Waals surface area contributed by atoms with Gasteiger partial charge in [-0.05, 0) is 6.92 Å². The second kappa shape index (κ2) is 5.71. The number of anilines is 1. The highest BCUT2D eigenvalue weighted by Gasteiger charge is 2.20. The number of rotatable bonds is 5. The summed E-state index contributed by atoms with van der Waals surface area (Å²) in [6, 6.07) is 2.46. The van der Waals surface area contributed by atoms with Crippen LogP contribution in [0.15, 0.2) is 12.1 Å². The number of primary amides is 1. The van der Waals surface area contributed by atoms with Crippen molar-refractivity contribution in [2.45, 2.75) is 6.92 Å². The van der Waals surface area contributed by atoms with Crippen molar-refractivity contribution in [2.75, 3.05) is 19.0 Å². The van der Waals surface area contributed by atoms with E-state index in [0.717, 1.165) is 0 Å². The van der Waals surface area contributed by atoms with E-state index in [2.05, 4.69) is 5.32 Å². The Labute approximate surface area is 103 Å². The summed E-state index contributed by atoms with van der Waals surface area (Å²) < 4.78 is 9.89. The van der Waals surface area contributed by atoms with E-state index >= 15 is 0 Å². The van der Waals surface area contributed by atoms with Crippen molar-refractivity contribution >= 4 is 17.5 Å². The van der Waals surface area contributed by atoms with Crippen molar-refractivity contribution in [3.8, 4) is 11.5 Å². The fourth-order valence-corrected chi connectivity index (χ4v) is 1.36. The maximum atomic E-state index is 10.8. The van der Waals surface area contributed by atoms with Crippen LogP contribution in [0.3, 0.4) is 0 Å². The monoisotopic (exact) mass is 255 g/mol. The molecular formula is C10H13N3O5. The molecule has 0 aliphatic heterocycles. The number of nitrogens with zero attached hydrogens (tertiary/aromatic N) is 1. The molecule has 0 saturated heterocycles. The Morgan fingerprint density at radius 1 is 1.50 bits per heavy atom.